The standard InChI is InChI=1S/C13H15NO5/c1-18-10-4-2-9(3-5-13(16)17)11(8-10)19-7-6-12(14)15/h2-5,8H,6-7H2,1H3,(H2,14,15)(H,16,17). The number of carboxylic acids is 1. The van der Waals surface area contributed by atoms with Crippen LogP contribution in [-0.4, -0.2) is 30.7 Å². The molecule has 0 fully saturated rings. The van der Waals surface area contributed by atoms with Gasteiger partial charge in [-0.05, 0) is 18.2 Å². The van der Waals surface area contributed by atoms with Crippen LogP contribution in [-0.2, 0) is 9.59 Å². The zero-order valence-electron chi connectivity index (χ0n) is 10.5. The number of hydrogen-bond donors (Lipinski definition) is 2. The summed E-state index contributed by atoms with van der Waals surface area (Å²) in [6.07, 6.45) is 2.49. The molecule has 0 aliphatic heterocycles. The van der Waals surface area contributed by atoms with Gasteiger partial charge in [-0.2, -0.15) is 0 Å². The van der Waals surface area contributed by atoms with Crippen molar-refractivity contribution in [3.8, 4) is 11.5 Å². The van der Waals surface area contributed by atoms with Crippen LogP contribution in [0.1, 0.15) is 12.0 Å². The van der Waals surface area contributed by atoms with Gasteiger partial charge in [-0.25, -0.2) is 4.79 Å². The lowest BCUT2D eigenvalue weighted by Gasteiger charge is -2.10. The van der Waals surface area contributed by atoms with Gasteiger partial charge < -0.3 is 20.3 Å². The normalized spacial score (nSPS) is 10.4. The molecular weight excluding hydrogens is 250 g/mol. The van der Waals surface area contributed by atoms with Crippen molar-refractivity contribution in [1.29, 1.82) is 0 Å². The highest BCUT2D eigenvalue weighted by Gasteiger charge is 2.05. The molecule has 0 radical (unpaired) electrons. The van der Waals surface area contributed by atoms with Crippen LogP contribution in [0.4, 0.5) is 0 Å². The van der Waals surface area contributed by atoms with Crippen molar-refractivity contribution in [1.82, 2.24) is 0 Å². The second kappa shape index (κ2) is 7.05. The average Bonchev–Trinajstić information content (AvgIpc) is 2.36. The van der Waals surface area contributed by atoms with Gasteiger partial charge >= 0.3 is 5.97 Å². The van der Waals surface area contributed by atoms with Crippen molar-refractivity contribution >= 4 is 18.0 Å². The largest absolute Gasteiger partial charge is 0.497 e. The first kappa shape index (κ1) is 14.6. The summed E-state index contributed by atoms with van der Waals surface area (Å²) in [6, 6.07) is 4.96. The van der Waals surface area contributed by atoms with E-state index in [2.05, 4.69) is 0 Å². The maximum absolute atomic E-state index is 10.6. The number of rotatable bonds is 7. The molecule has 0 bridgehead atoms. The molecule has 6 nitrogen and oxygen atoms in total. The molecule has 0 spiro atoms. The van der Waals surface area contributed by atoms with Crippen molar-refractivity contribution in [3.05, 3.63) is 29.8 Å². The molecule has 0 aliphatic rings. The van der Waals surface area contributed by atoms with Crippen LogP contribution in [0.15, 0.2) is 24.3 Å². The Balaban J connectivity index is 2.88. The maximum Gasteiger partial charge on any atom is 0.328 e. The van der Waals surface area contributed by atoms with Gasteiger partial charge in [0.25, 0.3) is 0 Å². The minimum Gasteiger partial charge on any atom is -0.497 e. The fourth-order valence-electron chi connectivity index (χ4n) is 1.33. The monoisotopic (exact) mass is 265 g/mol. The van der Waals surface area contributed by atoms with E-state index >= 15 is 0 Å². The average molecular weight is 265 g/mol. The summed E-state index contributed by atoms with van der Waals surface area (Å²) in [5, 5.41) is 8.60. The Morgan fingerprint density at radius 2 is 2.16 bits per heavy atom. The number of methoxy groups -OCH3 is 1. The summed E-state index contributed by atoms with van der Waals surface area (Å²) in [5.74, 6) is -0.524. The SMILES string of the molecule is COc1ccc(C=CC(=O)O)c(OCCC(N)=O)c1. The second-order valence-electron chi connectivity index (χ2n) is 3.64. The number of primary amides is 1. The van der Waals surface area contributed by atoms with E-state index < -0.39 is 11.9 Å². The van der Waals surface area contributed by atoms with Crippen LogP contribution in [0, 0.1) is 0 Å². The van der Waals surface area contributed by atoms with Crippen LogP contribution in [0.5, 0.6) is 11.5 Å². The maximum atomic E-state index is 10.6. The van der Waals surface area contributed by atoms with E-state index in [9.17, 15) is 9.59 Å². The van der Waals surface area contributed by atoms with Gasteiger partial charge in [-0.3, -0.25) is 4.79 Å². The summed E-state index contributed by atoms with van der Waals surface area (Å²) >= 11 is 0. The Labute approximate surface area is 110 Å². The summed E-state index contributed by atoms with van der Waals surface area (Å²) in [5.41, 5.74) is 5.59. The number of carbonyl (C=O) groups excluding carboxylic acids is 1. The molecule has 0 saturated carbocycles. The third-order valence-corrected chi connectivity index (χ3v) is 2.23. The summed E-state index contributed by atoms with van der Waals surface area (Å²) in [7, 11) is 1.51. The molecule has 0 atom stereocenters. The van der Waals surface area contributed by atoms with Crippen LogP contribution in [0.3, 0.4) is 0 Å². The predicted octanol–water partition coefficient (Wildman–Crippen LogP) is 1.05. The van der Waals surface area contributed by atoms with E-state index in [1.807, 2.05) is 0 Å². The van der Waals surface area contributed by atoms with E-state index in [1.54, 1.807) is 18.2 Å². The van der Waals surface area contributed by atoms with Crippen LogP contribution in [0.25, 0.3) is 6.08 Å². The Bertz CT molecular complexity index is 496. The second-order valence-corrected chi connectivity index (χ2v) is 3.64. The van der Waals surface area contributed by atoms with Crippen molar-refractivity contribution in [2.75, 3.05) is 13.7 Å². The van der Waals surface area contributed by atoms with E-state index in [-0.39, 0.29) is 13.0 Å². The molecule has 1 aromatic carbocycles. The van der Waals surface area contributed by atoms with Crippen LogP contribution >= 0.6 is 0 Å². The highest BCUT2D eigenvalue weighted by molar-refractivity contribution is 5.86. The molecule has 1 rings (SSSR count). The number of ether oxygens (including phenoxy) is 2. The molecule has 1 amide bonds. The van der Waals surface area contributed by atoms with Crippen molar-refractivity contribution < 1.29 is 24.2 Å². The van der Waals surface area contributed by atoms with E-state index in [4.69, 9.17) is 20.3 Å². The first-order valence-electron chi connectivity index (χ1n) is 5.53. The van der Waals surface area contributed by atoms with Crippen LogP contribution < -0.4 is 15.2 Å². The number of carboxylic acid groups (broad SMARTS) is 1. The molecular formula is C13H15NO5. The fraction of sp³-hybridized carbons (Fsp3) is 0.231. The highest BCUT2D eigenvalue weighted by Crippen LogP contribution is 2.26. The van der Waals surface area contributed by atoms with Gasteiger partial charge in [0.05, 0.1) is 20.1 Å². The smallest absolute Gasteiger partial charge is 0.328 e. The van der Waals surface area contributed by atoms with Crippen LogP contribution in [0.2, 0.25) is 0 Å². The number of nitrogens with two attached hydrogens (primary N) is 1. The lowest BCUT2D eigenvalue weighted by atomic mass is 10.1. The number of carbonyl (C=O) groups is 2. The Hall–Kier alpha value is -2.50. The number of hydrogen-bond acceptors (Lipinski definition) is 4. The summed E-state index contributed by atoms with van der Waals surface area (Å²) < 4.78 is 10.4. The van der Waals surface area contributed by atoms with Crippen molar-refractivity contribution in [3.63, 3.8) is 0 Å². The van der Waals surface area contributed by atoms with Gasteiger partial charge in [0.2, 0.25) is 5.91 Å². The number of amides is 1. The van der Waals surface area contributed by atoms with Crippen molar-refractivity contribution in [2.24, 2.45) is 5.73 Å². The molecule has 19 heavy (non-hydrogen) atoms. The van der Waals surface area contributed by atoms with Gasteiger partial charge in [0.15, 0.2) is 0 Å². The predicted molar refractivity (Wildman–Crippen MR) is 69.0 cm³/mol. The van der Waals surface area contributed by atoms with Gasteiger partial charge in [-0.15, -0.1) is 0 Å². The van der Waals surface area contributed by atoms with E-state index in [1.165, 1.54) is 13.2 Å². The fourth-order valence-corrected chi connectivity index (χ4v) is 1.33. The molecule has 0 saturated heterocycles. The molecule has 0 heterocycles. The third kappa shape index (κ3) is 5.12. The Morgan fingerprint density at radius 1 is 1.42 bits per heavy atom. The molecule has 102 valence electrons. The first-order valence-corrected chi connectivity index (χ1v) is 5.53. The van der Waals surface area contributed by atoms with Gasteiger partial charge in [-0.1, -0.05) is 0 Å². The molecule has 3 N–H and O–H groups in total. The lowest BCUT2D eigenvalue weighted by molar-refractivity contribution is -0.131. The zero-order chi connectivity index (χ0) is 14.3. The zero-order valence-corrected chi connectivity index (χ0v) is 10.5. The molecule has 0 unspecified atom stereocenters. The summed E-state index contributed by atoms with van der Waals surface area (Å²) in [6.45, 7) is 0.121. The van der Waals surface area contributed by atoms with E-state index in [0.29, 0.717) is 17.1 Å². The molecule has 6 heteroatoms. The van der Waals surface area contributed by atoms with Gasteiger partial charge in [0.1, 0.15) is 11.5 Å². The Morgan fingerprint density at radius 3 is 2.74 bits per heavy atom. The molecule has 0 aliphatic carbocycles. The number of aliphatic carboxylic acids is 1. The van der Waals surface area contributed by atoms with Gasteiger partial charge in [0, 0.05) is 17.7 Å². The topological polar surface area (TPSA) is 98.8 Å². The minimum absolute atomic E-state index is 0.0826. The molecule has 1 aromatic rings. The van der Waals surface area contributed by atoms with Crippen molar-refractivity contribution in [2.45, 2.75) is 6.42 Å². The minimum atomic E-state index is -1.06. The summed E-state index contributed by atoms with van der Waals surface area (Å²) in [4.78, 5) is 21.1. The Kier molecular flexibility index (Phi) is 5.40. The third-order valence-electron chi connectivity index (χ3n) is 2.23. The van der Waals surface area contributed by atoms with E-state index in [0.717, 1.165) is 6.08 Å². The lowest BCUT2D eigenvalue weighted by Crippen LogP contribution is -2.14. The highest BCUT2D eigenvalue weighted by atomic mass is 16.5. The quantitative estimate of drug-likeness (QED) is 0.718. The number of benzene rings is 1. The molecule has 0 aromatic heterocycles. The first-order chi connectivity index (χ1) is 9.02.